The fraction of sp³-hybridized carbons (Fsp3) is 0.417. The van der Waals surface area contributed by atoms with Crippen molar-refractivity contribution in [2.24, 2.45) is 0 Å². The number of anilines is 1. The Labute approximate surface area is 198 Å². The van der Waals surface area contributed by atoms with Crippen LogP contribution in [0.1, 0.15) is 42.1 Å². The first-order valence-electron chi connectivity index (χ1n) is 11.2. The third-order valence-corrected chi connectivity index (χ3v) is 7.15. The predicted molar refractivity (Wildman–Crippen MR) is 125 cm³/mol. The zero-order valence-electron chi connectivity index (χ0n) is 18.7. The molecule has 1 aliphatic rings. The number of benzene rings is 2. The van der Waals surface area contributed by atoms with Crippen molar-refractivity contribution in [1.82, 2.24) is 8.86 Å². The van der Waals surface area contributed by atoms with E-state index < -0.39 is 29.0 Å². The number of carbonyl (C=O) groups is 1. The molecule has 4 rings (SSSR count). The third-order valence-electron chi connectivity index (χ3n) is 6.04. The molecule has 0 radical (unpaired) electrons. The van der Waals surface area contributed by atoms with Gasteiger partial charge in [-0.25, -0.2) is 4.39 Å². The van der Waals surface area contributed by atoms with E-state index in [1.54, 1.807) is 10.0 Å². The predicted octanol–water partition coefficient (Wildman–Crippen LogP) is 5.37. The van der Waals surface area contributed by atoms with Crippen LogP contribution in [0.3, 0.4) is 0 Å². The standard InChI is InChI=1S/C24H25F4N3O2S/c1-2-3-4-9-31-23(33)18-7-6-17(15-21(18)34-31)29-10-12-30(13-11-29)22(32)19-14-16(25)5-8-20(19)24(26,27)28/h5-8,14-15H,2-4,9-13H2,1H3. The highest BCUT2D eigenvalue weighted by molar-refractivity contribution is 7.13. The van der Waals surface area contributed by atoms with E-state index in [2.05, 4.69) is 6.92 Å². The van der Waals surface area contributed by atoms with Gasteiger partial charge in [0.15, 0.2) is 0 Å². The van der Waals surface area contributed by atoms with E-state index in [0.717, 1.165) is 29.6 Å². The van der Waals surface area contributed by atoms with Crippen LogP contribution in [0, 0.1) is 5.82 Å². The molecule has 1 saturated heterocycles. The molecule has 0 atom stereocenters. The van der Waals surface area contributed by atoms with Crippen molar-refractivity contribution in [3.05, 3.63) is 63.7 Å². The van der Waals surface area contributed by atoms with Crippen LogP contribution in [-0.4, -0.2) is 40.9 Å². The van der Waals surface area contributed by atoms with Gasteiger partial charge in [0.05, 0.1) is 21.2 Å². The summed E-state index contributed by atoms with van der Waals surface area (Å²) >= 11 is 1.43. The van der Waals surface area contributed by atoms with Crippen LogP contribution in [0.2, 0.25) is 0 Å². The number of hydrogen-bond donors (Lipinski definition) is 0. The van der Waals surface area contributed by atoms with Crippen molar-refractivity contribution in [3.63, 3.8) is 0 Å². The van der Waals surface area contributed by atoms with E-state index in [9.17, 15) is 27.2 Å². The average Bonchev–Trinajstić information content (AvgIpc) is 3.13. The van der Waals surface area contributed by atoms with Crippen molar-refractivity contribution < 1.29 is 22.4 Å². The minimum atomic E-state index is -4.75. The topological polar surface area (TPSA) is 45.5 Å². The summed E-state index contributed by atoms with van der Waals surface area (Å²) in [6.45, 7) is 4.06. The number of unbranched alkanes of at least 4 members (excludes halogenated alkanes) is 2. The lowest BCUT2D eigenvalue weighted by molar-refractivity contribution is -0.138. The number of amides is 1. The Bertz CT molecular complexity index is 1240. The van der Waals surface area contributed by atoms with Gasteiger partial charge >= 0.3 is 6.18 Å². The van der Waals surface area contributed by atoms with E-state index in [0.29, 0.717) is 43.2 Å². The lowest BCUT2D eigenvalue weighted by Crippen LogP contribution is -2.49. The molecule has 1 aliphatic heterocycles. The summed E-state index contributed by atoms with van der Waals surface area (Å²) in [5, 5.41) is 0.671. The second-order valence-corrected chi connectivity index (χ2v) is 9.42. The highest BCUT2D eigenvalue weighted by Gasteiger charge is 2.37. The number of aryl methyl sites for hydroxylation is 1. The number of aromatic nitrogens is 1. The monoisotopic (exact) mass is 495 g/mol. The first-order valence-corrected chi connectivity index (χ1v) is 12.0. The smallest absolute Gasteiger partial charge is 0.368 e. The normalized spacial score (nSPS) is 14.7. The number of nitrogens with zero attached hydrogens (tertiary/aromatic N) is 3. The second-order valence-electron chi connectivity index (χ2n) is 8.35. The number of fused-ring (bicyclic) bond motifs is 1. The lowest BCUT2D eigenvalue weighted by Gasteiger charge is -2.36. The molecule has 5 nitrogen and oxygen atoms in total. The molecule has 0 unspecified atom stereocenters. The number of rotatable bonds is 6. The van der Waals surface area contributed by atoms with Crippen LogP contribution in [0.15, 0.2) is 41.2 Å². The molecular weight excluding hydrogens is 470 g/mol. The van der Waals surface area contributed by atoms with Gasteiger partial charge in [0.1, 0.15) is 5.82 Å². The molecule has 2 aromatic carbocycles. The molecule has 1 fully saturated rings. The quantitative estimate of drug-likeness (QED) is 0.341. The maximum atomic E-state index is 13.6. The van der Waals surface area contributed by atoms with Gasteiger partial charge in [-0.3, -0.25) is 13.5 Å². The summed E-state index contributed by atoms with van der Waals surface area (Å²) in [5.41, 5.74) is -0.904. The average molecular weight is 496 g/mol. The molecule has 0 spiro atoms. The van der Waals surface area contributed by atoms with Crippen LogP contribution < -0.4 is 10.5 Å². The van der Waals surface area contributed by atoms with Crippen LogP contribution in [0.5, 0.6) is 0 Å². The van der Waals surface area contributed by atoms with E-state index >= 15 is 0 Å². The van der Waals surface area contributed by atoms with Gasteiger partial charge in [-0.1, -0.05) is 31.3 Å². The Morgan fingerprint density at radius 1 is 1.03 bits per heavy atom. The van der Waals surface area contributed by atoms with Gasteiger partial charge in [0.2, 0.25) is 0 Å². The highest BCUT2D eigenvalue weighted by atomic mass is 32.1. The van der Waals surface area contributed by atoms with E-state index in [-0.39, 0.29) is 18.6 Å². The molecular formula is C24H25F4N3O2S. The minimum absolute atomic E-state index is 0.00799. The number of hydrogen-bond acceptors (Lipinski definition) is 4. The molecule has 0 N–H and O–H groups in total. The zero-order valence-corrected chi connectivity index (χ0v) is 19.5. The molecule has 10 heteroatoms. The molecule has 1 aromatic heterocycles. The molecule has 2 heterocycles. The Morgan fingerprint density at radius 3 is 2.44 bits per heavy atom. The zero-order chi connectivity index (χ0) is 24.5. The maximum absolute atomic E-state index is 13.6. The minimum Gasteiger partial charge on any atom is -0.368 e. The first-order chi connectivity index (χ1) is 16.2. The van der Waals surface area contributed by atoms with Crippen LogP contribution >= 0.6 is 11.5 Å². The van der Waals surface area contributed by atoms with Crippen molar-refractivity contribution in [2.45, 2.75) is 38.9 Å². The summed E-state index contributed by atoms with van der Waals surface area (Å²) in [4.78, 5) is 28.7. The number of carbonyl (C=O) groups excluding carboxylic acids is 1. The summed E-state index contributed by atoms with van der Waals surface area (Å²) < 4.78 is 56.2. The van der Waals surface area contributed by atoms with Crippen molar-refractivity contribution in [3.8, 4) is 0 Å². The second kappa shape index (κ2) is 9.77. The Balaban J connectivity index is 1.47. The van der Waals surface area contributed by atoms with Gasteiger partial charge in [0.25, 0.3) is 11.5 Å². The molecule has 3 aromatic rings. The Morgan fingerprint density at radius 2 is 1.76 bits per heavy atom. The fourth-order valence-corrected chi connectivity index (χ4v) is 5.25. The molecule has 0 aliphatic carbocycles. The highest BCUT2D eigenvalue weighted by Crippen LogP contribution is 2.33. The summed E-state index contributed by atoms with van der Waals surface area (Å²) in [6, 6.07) is 7.58. The van der Waals surface area contributed by atoms with Crippen molar-refractivity contribution >= 4 is 33.2 Å². The molecule has 34 heavy (non-hydrogen) atoms. The molecule has 0 saturated carbocycles. The Kier molecular flexibility index (Phi) is 6.97. The SMILES string of the molecule is CCCCCn1sc2cc(N3CCN(C(=O)c4cc(F)ccc4C(F)(F)F)CC3)ccc2c1=O. The van der Waals surface area contributed by atoms with Gasteiger partial charge < -0.3 is 9.80 Å². The van der Waals surface area contributed by atoms with Gasteiger partial charge in [-0.2, -0.15) is 13.2 Å². The van der Waals surface area contributed by atoms with E-state index in [4.69, 9.17) is 0 Å². The number of alkyl halides is 3. The van der Waals surface area contributed by atoms with Crippen molar-refractivity contribution in [2.75, 3.05) is 31.1 Å². The van der Waals surface area contributed by atoms with E-state index in [1.165, 1.54) is 16.4 Å². The summed E-state index contributed by atoms with van der Waals surface area (Å²) in [7, 11) is 0. The number of halogens is 4. The van der Waals surface area contributed by atoms with Crippen LogP contribution in [0.25, 0.3) is 10.1 Å². The van der Waals surface area contributed by atoms with E-state index in [1.807, 2.05) is 17.0 Å². The van der Waals surface area contributed by atoms with Crippen LogP contribution in [0.4, 0.5) is 23.2 Å². The largest absolute Gasteiger partial charge is 0.417 e. The first kappa shape index (κ1) is 24.3. The summed E-state index contributed by atoms with van der Waals surface area (Å²) in [5.74, 6) is -1.71. The van der Waals surface area contributed by atoms with Gasteiger partial charge in [-0.15, -0.1) is 0 Å². The summed E-state index contributed by atoms with van der Waals surface area (Å²) in [6.07, 6.45) is -1.65. The fourth-order valence-electron chi connectivity index (χ4n) is 4.19. The molecule has 182 valence electrons. The maximum Gasteiger partial charge on any atom is 0.417 e. The van der Waals surface area contributed by atoms with Crippen molar-refractivity contribution in [1.29, 1.82) is 0 Å². The third kappa shape index (κ3) is 4.96. The lowest BCUT2D eigenvalue weighted by atomic mass is 10.0. The molecule has 1 amide bonds. The van der Waals surface area contributed by atoms with Gasteiger partial charge in [0, 0.05) is 38.4 Å². The Hall–Kier alpha value is -2.88. The van der Waals surface area contributed by atoms with Gasteiger partial charge in [-0.05, 0) is 42.8 Å². The number of piperazine rings is 1. The van der Waals surface area contributed by atoms with Crippen LogP contribution in [-0.2, 0) is 12.7 Å². The molecule has 0 bridgehead atoms.